The average Bonchev–Trinajstić information content (AvgIpc) is 3.57. The van der Waals surface area contributed by atoms with Crippen molar-refractivity contribution in [3.8, 4) is 0 Å². The third-order valence-corrected chi connectivity index (χ3v) is 7.25. The minimum atomic E-state index is -4.58. The molecule has 1 saturated heterocycles. The summed E-state index contributed by atoms with van der Waals surface area (Å²) in [7, 11) is 1.87. The number of halogens is 3. The molecule has 3 aliphatic heterocycles. The predicted molar refractivity (Wildman–Crippen MR) is 124 cm³/mol. The highest BCUT2D eigenvalue weighted by molar-refractivity contribution is 6.10. The van der Waals surface area contributed by atoms with Crippen molar-refractivity contribution in [2.45, 2.75) is 24.6 Å². The van der Waals surface area contributed by atoms with Crippen molar-refractivity contribution in [1.29, 1.82) is 0 Å². The number of aryl methyl sites for hydroxylation is 1. The SMILES string of the molecule is Cn1cnnc1CC1(c2cccc(N3Cc4c(cc(C5=CCOC5)cc4C(F)(F)F)C3=O)c2)COC1. The number of anilines is 1. The first-order valence-electron chi connectivity index (χ1n) is 11.6. The monoisotopic (exact) mass is 496 g/mol. The standard InChI is InChI=1S/C26H23F3N4O3/c1-32-15-30-31-23(32)10-25(13-36-14-25)18-3-2-4-19(9-18)33-11-21-20(24(33)34)7-17(16-5-6-35-12-16)8-22(21)26(27,28)29/h2-5,7-9,15H,6,10-14H2,1H3. The third kappa shape index (κ3) is 3.72. The molecule has 0 radical (unpaired) electrons. The number of benzene rings is 2. The van der Waals surface area contributed by atoms with E-state index in [0.717, 1.165) is 17.5 Å². The van der Waals surface area contributed by atoms with Crippen LogP contribution >= 0.6 is 0 Å². The molecule has 0 N–H and O–H groups in total. The van der Waals surface area contributed by atoms with Crippen LogP contribution in [0.2, 0.25) is 0 Å². The van der Waals surface area contributed by atoms with Gasteiger partial charge in [-0.1, -0.05) is 18.2 Å². The molecule has 3 aliphatic rings. The highest BCUT2D eigenvalue weighted by atomic mass is 19.4. The second-order valence-corrected chi connectivity index (χ2v) is 9.54. The quantitative estimate of drug-likeness (QED) is 0.536. The maximum atomic E-state index is 14.0. The van der Waals surface area contributed by atoms with Gasteiger partial charge in [-0.2, -0.15) is 13.2 Å². The van der Waals surface area contributed by atoms with Gasteiger partial charge in [0.25, 0.3) is 5.91 Å². The number of carbonyl (C=O) groups excluding carboxylic acids is 1. The Morgan fingerprint density at radius 2 is 1.97 bits per heavy atom. The van der Waals surface area contributed by atoms with Crippen LogP contribution in [-0.2, 0) is 41.1 Å². The Balaban J connectivity index is 1.36. The van der Waals surface area contributed by atoms with Gasteiger partial charge in [-0.25, -0.2) is 0 Å². The fourth-order valence-electron chi connectivity index (χ4n) is 5.14. The van der Waals surface area contributed by atoms with Gasteiger partial charge in [-0.05, 0) is 46.5 Å². The summed E-state index contributed by atoms with van der Waals surface area (Å²) >= 11 is 0. The summed E-state index contributed by atoms with van der Waals surface area (Å²) in [6, 6.07) is 10.1. The lowest BCUT2D eigenvalue weighted by Crippen LogP contribution is -2.49. The van der Waals surface area contributed by atoms with Crippen LogP contribution < -0.4 is 4.90 Å². The maximum Gasteiger partial charge on any atom is 0.416 e. The van der Waals surface area contributed by atoms with Crippen molar-refractivity contribution in [3.63, 3.8) is 0 Å². The van der Waals surface area contributed by atoms with Gasteiger partial charge in [0.05, 0.1) is 38.5 Å². The van der Waals surface area contributed by atoms with E-state index in [0.29, 0.717) is 43.1 Å². The van der Waals surface area contributed by atoms with Gasteiger partial charge in [-0.15, -0.1) is 10.2 Å². The van der Waals surface area contributed by atoms with Crippen LogP contribution in [-0.4, -0.2) is 47.1 Å². The van der Waals surface area contributed by atoms with E-state index in [4.69, 9.17) is 9.47 Å². The summed E-state index contributed by atoms with van der Waals surface area (Å²) in [6.45, 7) is 1.40. The highest BCUT2D eigenvalue weighted by Gasteiger charge is 2.43. The van der Waals surface area contributed by atoms with Crippen LogP contribution in [0.3, 0.4) is 0 Å². The second kappa shape index (κ2) is 8.28. The molecule has 10 heteroatoms. The van der Waals surface area contributed by atoms with Crippen LogP contribution in [0.5, 0.6) is 0 Å². The Morgan fingerprint density at radius 1 is 1.14 bits per heavy atom. The molecular weight excluding hydrogens is 473 g/mol. The van der Waals surface area contributed by atoms with Gasteiger partial charge < -0.3 is 18.9 Å². The van der Waals surface area contributed by atoms with E-state index in [9.17, 15) is 18.0 Å². The fraction of sp³-hybridized carbons (Fsp3) is 0.346. The Morgan fingerprint density at radius 3 is 2.61 bits per heavy atom. The summed E-state index contributed by atoms with van der Waals surface area (Å²) in [4.78, 5) is 14.9. The summed E-state index contributed by atoms with van der Waals surface area (Å²) in [5.74, 6) is 0.363. The van der Waals surface area contributed by atoms with E-state index in [2.05, 4.69) is 10.2 Å². The number of aromatic nitrogens is 3. The Bertz CT molecular complexity index is 1390. The number of ether oxygens (including phenoxy) is 2. The van der Waals surface area contributed by atoms with Gasteiger partial charge >= 0.3 is 6.18 Å². The average molecular weight is 496 g/mol. The fourth-order valence-corrected chi connectivity index (χ4v) is 5.14. The summed E-state index contributed by atoms with van der Waals surface area (Å²) < 4.78 is 54.8. The topological polar surface area (TPSA) is 69.5 Å². The molecule has 1 amide bonds. The van der Waals surface area contributed by atoms with Gasteiger partial charge in [0, 0.05) is 30.1 Å². The molecule has 7 nitrogen and oxygen atoms in total. The van der Waals surface area contributed by atoms with E-state index >= 15 is 0 Å². The van der Waals surface area contributed by atoms with Crippen molar-refractivity contribution in [2.75, 3.05) is 31.3 Å². The predicted octanol–water partition coefficient (Wildman–Crippen LogP) is 3.92. The van der Waals surface area contributed by atoms with Crippen LogP contribution in [0.4, 0.5) is 18.9 Å². The molecule has 0 unspecified atom stereocenters. The van der Waals surface area contributed by atoms with Crippen LogP contribution in [0, 0.1) is 0 Å². The molecule has 0 spiro atoms. The smallest absolute Gasteiger partial charge is 0.379 e. The molecule has 2 aromatic carbocycles. The van der Waals surface area contributed by atoms with Crippen molar-refractivity contribution < 1.29 is 27.4 Å². The first-order chi connectivity index (χ1) is 17.2. The number of carbonyl (C=O) groups is 1. The molecule has 36 heavy (non-hydrogen) atoms. The molecule has 0 aliphatic carbocycles. The molecule has 0 bridgehead atoms. The molecule has 1 aromatic heterocycles. The number of hydrogen-bond donors (Lipinski definition) is 0. The molecule has 1 fully saturated rings. The van der Waals surface area contributed by atoms with E-state index in [-0.39, 0.29) is 29.7 Å². The number of nitrogens with zero attached hydrogens (tertiary/aromatic N) is 4. The zero-order valence-electron chi connectivity index (χ0n) is 19.5. The molecule has 6 rings (SSSR count). The normalized spacial score (nSPS) is 18.8. The Hall–Kier alpha value is -3.50. The van der Waals surface area contributed by atoms with E-state index in [1.54, 1.807) is 24.5 Å². The molecule has 0 saturated carbocycles. The largest absolute Gasteiger partial charge is 0.416 e. The number of alkyl halides is 3. The van der Waals surface area contributed by atoms with Crippen molar-refractivity contribution in [2.24, 2.45) is 7.05 Å². The summed E-state index contributed by atoms with van der Waals surface area (Å²) in [5, 5.41) is 8.14. The van der Waals surface area contributed by atoms with Crippen molar-refractivity contribution in [1.82, 2.24) is 14.8 Å². The van der Waals surface area contributed by atoms with Crippen LogP contribution in [0.15, 0.2) is 48.8 Å². The Kier molecular flexibility index (Phi) is 5.27. The summed E-state index contributed by atoms with van der Waals surface area (Å²) in [6.07, 6.45) is -0.597. The van der Waals surface area contributed by atoms with Crippen LogP contribution in [0.25, 0.3) is 5.57 Å². The minimum Gasteiger partial charge on any atom is -0.379 e. The number of rotatable bonds is 5. The summed E-state index contributed by atoms with van der Waals surface area (Å²) in [5.41, 5.74) is 1.50. The lowest BCUT2D eigenvalue weighted by Gasteiger charge is -2.42. The van der Waals surface area contributed by atoms with E-state index in [1.165, 1.54) is 4.90 Å². The van der Waals surface area contributed by atoms with Gasteiger partial charge in [0.2, 0.25) is 0 Å². The molecule has 0 atom stereocenters. The maximum absolute atomic E-state index is 14.0. The highest BCUT2D eigenvalue weighted by Crippen LogP contribution is 2.42. The van der Waals surface area contributed by atoms with Crippen molar-refractivity contribution in [3.05, 3.63) is 82.4 Å². The van der Waals surface area contributed by atoms with Crippen LogP contribution in [0.1, 0.15) is 38.4 Å². The number of amides is 1. The zero-order valence-corrected chi connectivity index (χ0v) is 19.5. The second-order valence-electron chi connectivity index (χ2n) is 9.54. The third-order valence-electron chi connectivity index (χ3n) is 7.25. The first kappa shape index (κ1) is 22.9. The Labute approximate surface area is 205 Å². The number of hydrogen-bond acceptors (Lipinski definition) is 5. The molecular formula is C26H23F3N4O3. The lowest BCUT2D eigenvalue weighted by atomic mass is 9.75. The van der Waals surface area contributed by atoms with Gasteiger partial charge in [0.1, 0.15) is 12.2 Å². The van der Waals surface area contributed by atoms with E-state index < -0.39 is 17.6 Å². The van der Waals surface area contributed by atoms with Crippen molar-refractivity contribution >= 4 is 17.2 Å². The first-order valence-corrected chi connectivity index (χ1v) is 11.6. The van der Waals surface area contributed by atoms with Gasteiger partial charge in [0.15, 0.2) is 0 Å². The number of fused-ring (bicyclic) bond motifs is 1. The molecule has 186 valence electrons. The van der Waals surface area contributed by atoms with Gasteiger partial charge in [-0.3, -0.25) is 4.79 Å². The molecule has 3 aromatic rings. The lowest BCUT2D eigenvalue weighted by molar-refractivity contribution is -0.138. The zero-order chi connectivity index (χ0) is 25.1. The van der Waals surface area contributed by atoms with E-state index in [1.807, 2.05) is 29.8 Å². The molecule has 4 heterocycles. The minimum absolute atomic E-state index is 0.00180.